The van der Waals surface area contributed by atoms with E-state index in [-0.39, 0.29) is 17.7 Å². The first-order valence-electron chi connectivity index (χ1n) is 7.03. The second-order valence-electron chi connectivity index (χ2n) is 5.30. The summed E-state index contributed by atoms with van der Waals surface area (Å²) in [5.41, 5.74) is 1.78. The summed E-state index contributed by atoms with van der Waals surface area (Å²) < 4.78 is 10.1. The average molecular weight is 303 g/mol. The van der Waals surface area contributed by atoms with E-state index in [0.717, 1.165) is 11.3 Å². The van der Waals surface area contributed by atoms with Crippen molar-refractivity contribution < 1.29 is 14.1 Å². The summed E-state index contributed by atoms with van der Waals surface area (Å²) >= 11 is 0. The van der Waals surface area contributed by atoms with Crippen molar-refractivity contribution in [1.82, 2.24) is 15.4 Å². The van der Waals surface area contributed by atoms with E-state index in [0.29, 0.717) is 12.2 Å². The van der Waals surface area contributed by atoms with Gasteiger partial charge in [-0.15, -0.1) is 0 Å². The molecule has 118 valence electrons. The molecule has 0 aliphatic rings. The first-order valence-corrected chi connectivity index (χ1v) is 7.03. The van der Waals surface area contributed by atoms with E-state index in [2.05, 4.69) is 10.5 Å². The predicted molar refractivity (Wildman–Crippen MR) is 83.0 cm³/mol. The summed E-state index contributed by atoms with van der Waals surface area (Å²) in [6, 6.07) is 9.48. The fourth-order valence-electron chi connectivity index (χ4n) is 2.17. The van der Waals surface area contributed by atoms with Crippen molar-refractivity contribution in [1.29, 1.82) is 0 Å². The van der Waals surface area contributed by atoms with Crippen LogP contribution in [0.4, 0.5) is 0 Å². The van der Waals surface area contributed by atoms with Crippen LogP contribution in [0.5, 0.6) is 5.75 Å². The molecule has 6 nitrogen and oxygen atoms in total. The molecule has 1 N–H and O–H groups in total. The fraction of sp³-hybridized carbons (Fsp3) is 0.375. The number of benzene rings is 1. The average Bonchev–Trinajstić information content (AvgIpc) is 2.94. The van der Waals surface area contributed by atoms with Gasteiger partial charge in [0.15, 0.2) is 0 Å². The second kappa shape index (κ2) is 7.09. The molecule has 2 rings (SSSR count). The molecule has 0 aliphatic heterocycles. The van der Waals surface area contributed by atoms with Crippen molar-refractivity contribution in [3.63, 3.8) is 0 Å². The molecule has 6 heteroatoms. The molecule has 0 saturated heterocycles. The van der Waals surface area contributed by atoms with Crippen molar-refractivity contribution in [3.8, 4) is 5.75 Å². The number of hydrogen-bond donors (Lipinski definition) is 1. The van der Waals surface area contributed by atoms with Gasteiger partial charge in [-0.2, -0.15) is 0 Å². The highest BCUT2D eigenvalue weighted by molar-refractivity contribution is 5.91. The maximum absolute atomic E-state index is 12.0. The minimum Gasteiger partial charge on any atom is -0.497 e. The highest BCUT2D eigenvalue weighted by Gasteiger charge is 2.17. The zero-order valence-electron chi connectivity index (χ0n) is 13.3. The molecule has 1 amide bonds. The number of rotatable bonds is 6. The Bertz CT molecular complexity index is 620. The van der Waals surface area contributed by atoms with Crippen LogP contribution in [0.15, 0.2) is 34.9 Å². The molecular weight excluding hydrogens is 282 g/mol. The van der Waals surface area contributed by atoms with Gasteiger partial charge in [-0.25, -0.2) is 0 Å². The largest absolute Gasteiger partial charge is 0.497 e. The molecule has 1 aromatic heterocycles. The highest BCUT2D eigenvalue weighted by Crippen LogP contribution is 2.20. The standard InChI is InChI=1S/C16H21N3O3/c1-11-9-15(22-18-11)16(20)17-10-14(19(2)3)12-5-7-13(21-4)8-6-12/h5-9,14H,10H2,1-4H3,(H,17,20). The maximum atomic E-state index is 12.0. The van der Waals surface area contributed by atoms with Gasteiger partial charge in [0.2, 0.25) is 5.76 Å². The Hall–Kier alpha value is -2.34. The Morgan fingerprint density at radius 1 is 1.36 bits per heavy atom. The van der Waals surface area contributed by atoms with Gasteiger partial charge in [0.1, 0.15) is 5.75 Å². The summed E-state index contributed by atoms with van der Waals surface area (Å²) in [6.45, 7) is 2.25. The molecule has 0 saturated carbocycles. The number of hydrogen-bond acceptors (Lipinski definition) is 5. The van der Waals surface area contributed by atoms with Gasteiger partial charge in [0.25, 0.3) is 5.91 Å². The number of methoxy groups -OCH3 is 1. The van der Waals surface area contributed by atoms with Crippen LogP contribution in [0.2, 0.25) is 0 Å². The van der Waals surface area contributed by atoms with Gasteiger partial charge in [0, 0.05) is 12.6 Å². The van der Waals surface area contributed by atoms with Crippen LogP contribution >= 0.6 is 0 Å². The topological polar surface area (TPSA) is 67.6 Å². The quantitative estimate of drug-likeness (QED) is 0.884. The fourth-order valence-corrected chi connectivity index (χ4v) is 2.17. The number of nitrogens with one attached hydrogen (secondary N) is 1. The smallest absolute Gasteiger partial charge is 0.289 e. The van der Waals surface area contributed by atoms with Gasteiger partial charge >= 0.3 is 0 Å². The molecule has 1 aromatic carbocycles. The van der Waals surface area contributed by atoms with Gasteiger partial charge in [0.05, 0.1) is 18.8 Å². The van der Waals surface area contributed by atoms with Crippen LogP contribution in [-0.2, 0) is 0 Å². The number of nitrogens with zero attached hydrogens (tertiary/aromatic N) is 2. The molecule has 0 spiro atoms. The Morgan fingerprint density at radius 2 is 2.05 bits per heavy atom. The van der Waals surface area contributed by atoms with E-state index in [4.69, 9.17) is 9.26 Å². The molecule has 0 bridgehead atoms. The van der Waals surface area contributed by atoms with Crippen molar-refractivity contribution in [2.75, 3.05) is 27.7 Å². The van der Waals surface area contributed by atoms with Crippen LogP contribution in [0, 0.1) is 6.92 Å². The Labute approximate surface area is 130 Å². The molecule has 0 fully saturated rings. The van der Waals surface area contributed by atoms with Crippen LogP contribution in [0.1, 0.15) is 27.9 Å². The molecular formula is C16H21N3O3. The minimum atomic E-state index is -0.263. The molecule has 1 unspecified atom stereocenters. The van der Waals surface area contributed by atoms with Crippen LogP contribution < -0.4 is 10.1 Å². The lowest BCUT2D eigenvalue weighted by atomic mass is 10.1. The van der Waals surface area contributed by atoms with E-state index < -0.39 is 0 Å². The summed E-state index contributed by atoms with van der Waals surface area (Å²) in [4.78, 5) is 14.1. The Balaban J connectivity index is 2.03. The Morgan fingerprint density at radius 3 is 2.55 bits per heavy atom. The molecule has 0 radical (unpaired) electrons. The van der Waals surface area contributed by atoms with Crippen LogP contribution in [0.25, 0.3) is 0 Å². The monoisotopic (exact) mass is 303 g/mol. The third-order valence-electron chi connectivity index (χ3n) is 3.43. The number of likely N-dealkylation sites (N-methyl/N-ethyl adjacent to an activating group) is 1. The van der Waals surface area contributed by atoms with Crippen molar-refractivity contribution in [3.05, 3.63) is 47.3 Å². The molecule has 0 aliphatic carbocycles. The first-order chi connectivity index (χ1) is 10.5. The molecule has 2 aromatic rings. The van der Waals surface area contributed by atoms with E-state index >= 15 is 0 Å². The van der Waals surface area contributed by atoms with E-state index in [1.165, 1.54) is 0 Å². The SMILES string of the molecule is COc1ccc(C(CNC(=O)c2cc(C)no2)N(C)C)cc1. The first kappa shape index (κ1) is 16.0. The van der Waals surface area contributed by atoms with Crippen molar-refractivity contribution in [2.45, 2.75) is 13.0 Å². The predicted octanol–water partition coefficient (Wildman–Crippen LogP) is 2.02. The summed E-state index contributed by atoms with van der Waals surface area (Å²) in [7, 11) is 5.58. The number of aryl methyl sites for hydroxylation is 1. The van der Waals surface area contributed by atoms with Gasteiger partial charge in [-0.1, -0.05) is 17.3 Å². The van der Waals surface area contributed by atoms with E-state index in [9.17, 15) is 4.79 Å². The number of carbonyl (C=O) groups excluding carboxylic acids is 1. The molecule has 1 heterocycles. The maximum Gasteiger partial charge on any atom is 0.289 e. The van der Waals surface area contributed by atoms with Crippen LogP contribution in [-0.4, -0.2) is 43.7 Å². The summed E-state index contributed by atoms with van der Waals surface area (Å²) in [6.07, 6.45) is 0. The number of ether oxygens (including phenoxy) is 1. The lowest BCUT2D eigenvalue weighted by Crippen LogP contribution is -2.34. The van der Waals surface area contributed by atoms with Crippen LogP contribution in [0.3, 0.4) is 0 Å². The lowest BCUT2D eigenvalue weighted by molar-refractivity contribution is 0.0905. The number of carbonyl (C=O) groups is 1. The zero-order chi connectivity index (χ0) is 16.1. The van der Waals surface area contributed by atoms with E-state index in [1.807, 2.05) is 43.3 Å². The lowest BCUT2D eigenvalue weighted by Gasteiger charge is -2.25. The van der Waals surface area contributed by atoms with Gasteiger partial charge in [-0.3, -0.25) is 4.79 Å². The normalized spacial score (nSPS) is 12.2. The van der Waals surface area contributed by atoms with Gasteiger partial charge < -0.3 is 19.5 Å². The minimum absolute atomic E-state index is 0.0545. The molecule has 1 atom stereocenters. The molecule has 22 heavy (non-hydrogen) atoms. The third-order valence-corrected chi connectivity index (χ3v) is 3.43. The summed E-state index contributed by atoms with van der Waals surface area (Å²) in [5.74, 6) is 0.771. The second-order valence-corrected chi connectivity index (χ2v) is 5.30. The zero-order valence-corrected chi connectivity index (χ0v) is 13.3. The highest BCUT2D eigenvalue weighted by atomic mass is 16.5. The number of amides is 1. The van der Waals surface area contributed by atoms with Gasteiger partial charge in [-0.05, 0) is 38.7 Å². The third kappa shape index (κ3) is 3.85. The van der Waals surface area contributed by atoms with Crippen molar-refractivity contribution in [2.24, 2.45) is 0 Å². The Kier molecular flexibility index (Phi) is 5.16. The van der Waals surface area contributed by atoms with E-state index in [1.54, 1.807) is 20.1 Å². The van der Waals surface area contributed by atoms with Crippen molar-refractivity contribution >= 4 is 5.91 Å². The number of aromatic nitrogens is 1. The summed E-state index contributed by atoms with van der Waals surface area (Å²) in [5, 5.41) is 6.59.